The molecule has 1 rings (SSSR count). The van der Waals surface area contributed by atoms with Crippen LogP contribution in [0.4, 0.5) is 0 Å². The van der Waals surface area contributed by atoms with Gasteiger partial charge in [0.15, 0.2) is 12.4 Å². The molecule has 354 valence electrons. The lowest BCUT2D eigenvalue weighted by Gasteiger charge is -2.40. The Kier molecular flexibility index (Phi) is 35.1. The Morgan fingerprint density at radius 1 is 0.565 bits per heavy atom. The fourth-order valence-corrected chi connectivity index (χ4v) is 7.26. The monoisotopic (exact) mass is 893 g/mol. The number of aliphatic hydroxyl groups excluding tert-OH is 3. The van der Waals surface area contributed by atoms with E-state index in [9.17, 15) is 37.9 Å². The van der Waals surface area contributed by atoms with E-state index < -0.39 is 71.2 Å². The first-order valence-corrected chi connectivity index (χ1v) is 24.8. The molecule has 1 fully saturated rings. The number of aliphatic hydroxyl groups is 3. The number of carbonyl (C=O) groups excluding carboxylic acids is 2. The van der Waals surface area contributed by atoms with Gasteiger partial charge in [-0.25, -0.2) is 0 Å². The van der Waals surface area contributed by atoms with E-state index in [-0.39, 0.29) is 19.4 Å². The quantitative estimate of drug-likeness (QED) is 0.0152. The molecule has 0 amide bonds. The minimum Gasteiger partial charge on any atom is -0.462 e. The van der Waals surface area contributed by atoms with Gasteiger partial charge in [-0.05, 0) is 51.4 Å². The summed E-state index contributed by atoms with van der Waals surface area (Å²) in [6.07, 6.45) is 40.8. The number of carbonyl (C=O) groups is 2. The number of allylic oxidation sites excluding steroid dienone is 14. The van der Waals surface area contributed by atoms with Crippen molar-refractivity contribution in [3.63, 3.8) is 0 Å². The first kappa shape index (κ1) is 56.8. The zero-order chi connectivity index (χ0) is 45.5. The van der Waals surface area contributed by atoms with Crippen LogP contribution in [0.2, 0.25) is 0 Å². The molecule has 13 heteroatoms. The maximum Gasteiger partial charge on any atom is 0.306 e. The van der Waals surface area contributed by atoms with Gasteiger partial charge in [0.2, 0.25) is 0 Å². The smallest absolute Gasteiger partial charge is 0.306 e. The standard InChI is InChI=1S/C49H80O12S/c1-3-5-7-9-11-13-15-17-18-19-20-21-22-23-24-26-27-29-31-33-35-37-44(50)58-39-42(40-59-49-48(54)47(53)46(52)43(61-49)41-62(55,56)57)60-45(51)38-36-34-32-30-28-25-16-14-12-10-8-6-4-2/h5-8,10-14,16,25,28,30,32,42-43,46-49,52-54H,3-4,9,15,17-24,26-27,29,31,33-41H2,1-2H3,(H,55,56,57)/b7-5+,8-6+,12-10+,13-11+,16-14+,28-25+,32-30+/t42?,43-,46-,47?,48?,49+/m1/s1. The summed E-state index contributed by atoms with van der Waals surface area (Å²) in [5.41, 5.74) is 0. The third kappa shape index (κ3) is 32.5. The molecule has 0 spiro atoms. The Morgan fingerprint density at radius 2 is 1.06 bits per heavy atom. The fraction of sp³-hybridized carbons (Fsp3) is 0.673. The first-order valence-electron chi connectivity index (χ1n) is 23.2. The van der Waals surface area contributed by atoms with Crippen LogP contribution < -0.4 is 0 Å². The zero-order valence-electron chi connectivity index (χ0n) is 37.7. The van der Waals surface area contributed by atoms with Crippen molar-refractivity contribution >= 4 is 22.1 Å². The molecule has 0 bridgehead atoms. The van der Waals surface area contributed by atoms with Gasteiger partial charge < -0.3 is 34.3 Å². The van der Waals surface area contributed by atoms with E-state index in [0.29, 0.717) is 19.3 Å². The van der Waals surface area contributed by atoms with Crippen LogP contribution in [0, 0.1) is 0 Å². The largest absolute Gasteiger partial charge is 0.462 e. The number of ether oxygens (including phenoxy) is 4. The molecule has 1 saturated heterocycles. The summed E-state index contributed by atoms with van der Waals surface area (Å²) in [6.45, 7) is 3.44. The molecule has 12 nitrogen and oxygen atoms in total. The summed E-state index contributed by atoms with van der Waals surface area (Å²) >= 11 is 0. The van der Waals surface area contributed by atoms with Crippen molar-refractivity contribution in [3.8, 4) is 0 Å². The summed E-state index contributed by atoms with van der Waals surface area (Å²) < 4.78 is 54.0. The second-order valence-corrected chi connectivity index (χ2v) is 17.3. The van der Waals surface area contributed by atoms with Crippen LogP contribution in [0.1, 0.15) is 155 Å². The van der Waals surface area contributed by atoms with Gasteiger partial charge in [-0.2, -0.15) is 8.42 Å². The average Bonchev–Trinajstić information content (AvgIpc) is 3.24. The Hall–Kier alpha value is -3.17. The van der Waals surface area contributed by atoms with Crippen molar-refractivity contribution in [2.75, 3.05) is 19.0 Å². The number of esters is 2. The number of hydrogen-bond acceptors (Lipinski definition) is 11. The third-order valence-electron chi connectivity index (χ3n) is 10.1. The fourth-order valence-electron chi connectivity index (χ4n) is 6.57. The van der Waals surface area contributed by atoms with E-state index >= 15 is 0 Å². The Balaban J connectivity index is 2.42. The van der Waals surface area contributed by atoms with Crippen molar-refractivity contribution < 1.29 is 56.8 Å². The first-order chi connectivity index (χ1) is 30.0. The van der Waals surface area contributed by atoms with Gasteiger partial charge in [0, 0.05) is 12.8 Å². The Labute approximate surface area is 373 Å². The van der Waals surface area contributed by atoms with Crippen LogP contribution in [0.25, 0.3) is 0 Å². The van der Waals surface area contributed by atoms with Crippen LogP contribution in [-0.2, 0) is 38.7 Å². The second-order valence-electron chi connectivity index (χ2n) is 15.8. The van der Waals surface area contributed by atoms with Crippen molar-refractivity contribution in [3.05, 3.63) is 85.1 Å². The third-order valence-corrected chi connectivity index (χ3v) is 10.8. The lowest BCUT2D eigenvalue weighted by Crippen LogP contribution is -2.60. The van der Waals surface area contributed by atoms with E-state index in [1.165, 1.54) is 70.6 Å². The van der Waals surface area contributed by atoms with Gasteiger partial charge in [-0.3, -0.25) is 14.1 Å². The summed E-state index contributed by atoms with van der Waals surface area (Å²) in [5.74, 6) is -2.09. The van der Waals surface area contributed by atoms with Crippen LogP contribution in [0.15, 0.2) is 85.1 Å². The summed E-state index contributed by atoms with van der Waals surface area (Å²) in [6, 6.07) is 0. The molecular formula is C49H80O12S. The molecule has 62 heavy (non-hydrogen) atoms. The van der Waals surface area contributed by atoms with Crippen molar-refractivity contribution in [2.24, 2.45) is 0 Å². The molecule has 6 atom stereocenters. The van der Waals surface area contributed by atoms with Crippen LogP contribution >= 0.6 is 0 Å². The van der Waals surface area contributed by atoms with E-state index in [2.05, 4.69) is 44.2 Å². The van der Waals surface area contributed by atoms with E-state index in [0.717, 1.165) is 38.5 Å². The van der Waals surface area contributed by atoms with Gasteiger partial charge in [0.05, 0.1) is 6.61 Å². The van der Waals surface area contributed by atoms with E-state index in [1.54, 1.807) is 0 Å². The minimum atomic E-state index is -4.62. The topological polar surface area (TPSA) is 186 Å². The summed E-state index contributed by atoms with van der Waals surface area (Å²) in [7, 11) is -4.62. The van der Waals surface area contributed by atoms with Gasteiger partial charge >= 0.3 is 11.9 Å². The molecule has 0 saturated carbocycles. The van der Waals surface area contributed by atoms with Gasteiger partial charge in [-0.15, -0.1) is 0 Å². The second kappa shape index (κ2) is 38.3. The molecule has 0 aromatic carbocycles. The Bertz CT molecular complexity index is 1460. The zero-order valence-corrected chi connectivity index (χ0v) is 38.5. The molecule has 4 N–H and O–H groups in total. The predicted octanol–water partition coefficient (Wildman–Crippen LogP) is 9.67. The molecule has 0 radical (unpaired) electrons. The van der Waals surface area contributed by atoms with Gasteiger partial charge in [0.1, 0.15) is 36.8 Å². The highest BCUT2D eigenvalue weighted by Gasteiger charge is 2.46. The normalized spacial score (nSPS) is 20.6. The average molecular weight is 893 g/mol. The van der Waals surface area contributed by atoms with Crippen LogP contribution in [0.3, 0.4) is 0 Å². The number of hydrogen-bond donors (Lipinski definition) is 4. The van der Waals surface area contributed by atoms with E-state index in [1.807, 2.05) is 54.7 Å². The van der Waals surface area contributed by atoms with Crippen LogP contribution in [0.5, 0.6) is 0 Å². The van der Waals surface area contributed by atoms with Gasteiger partial charge in [0.25, 0.3) is 10.1 Å². The molecule has 1 aliphatic rings. The Morgan fingerprint density at radius 3 is 1.65 bits per heavy atom. The van der Waals surface area contributed by atoms with Crippen LogP contribution in [-0.4, -0.2) is 96.0 Å². The molecule has 1 heterocycles. The maximum absolute atomic E-state index is 12.8. The highest BCUT2D eigenvalue weighted by atomic mass is 32.2. The molecule has 0 aromatic heterocycles. The van der Waals surface area contributed by atoms with Gasteiger partial charge in [-0.1, -0.05) is 176 Å². The lowest BCUT2D eigenvalue weighted by atomic mass is 10.00. The van der Waals surface area contributed by atoms with Crippen molar-refractivity contribution in [2.45, 2.75) is 192 Å². The molecule has 3 unspecified atom stereocenters. The highest BCUT2D eigenvalue weighted by Crippen LogP contribution is 2.24. The lowest BCUT2D eigenvalue weighted by molar-refractivity contribution is -0.297. The highest BCUT2D eigenvalue weighted by molar-refractivity contribution is 7.85. The molecular weight excluding hydrogens is 813 g/mol. The number of unbranched alkanes of at least 4 members (excludes halogenated alkanes) is 15. The molecule has 1 aliphatic heterocycles. The van der Waals surface area contributed by atoms with E-state index in [4.69, 9.17) is 18.9 Å². The van der Waals surface area contributed by atoms with Crippen molar-refractivity contribution in [1.29, 1.82) is 0 Å². The van der Waals surface area contributed by atoms with Crippen molar-refractivity contribution in [1.82, 2.24) is 0 Å². The minimum absolute atomic E-state index is 0.0643. The predicted molar refractivity (Wildman–Crippen MR) is 247 cm³/mol. The molecule has 0 aliphatic carbocycles. The summed E-state index contributed by atoms with van der Waals surface area (Å²) in [5, 5.41) is 30.9. The molecule has 0 aromatic rings. The number of rotatable bonds is 37. The summed E-state index contributed by atoms with van der Waals surface area (Å²) in [4.78, 5) is 25.4. The SMILES string of the molecule is CC/C=C/C=C/C=C/C=C/C=C/CCCC(=O)OC(COC(=O)CCCCCCCCCCCCCCCC/C=C/C/C=C/CC)CO[C@H]1O[C@H](CS(=O)(=O)O)[C@@H](O)C(O)C1O. The maximum atomic E-state index is 12.8.